The van der Waals surface area contributed by atoms with Crippen LogP contribution in [0.15, 0.2) is 30.3 Å². The summed E-state index contributed by atoms with van der Waals surface area (Å²) in [6.07, 6.45) is 1.54. The normalized spacial score (nSPS) is 21.5. The Kier molecular flexibility index (Phi) is 5.31. The molecular weight excluding hydrogens is 284 g/mol. The first-order valence-electron chi connectivity index (χ1n) is 7.31. The smallest absolute Gasteiger partial charge is 0.320 e. The van der Waals surface area contributed by atoms with Crippen molar-refractivity contribution in [1.29, 1.82) is 0 Å². The average molecular weight is 304 g/mol. The Labute approximate surface area is 129 Å². The maximum absolute atomic E-state index is 12.2. The second-order valence-electron chi connectivity index (χ2n) is 5.48. The molecule has 0 aromatic heterocycles. The number of Topliss-reactive ketones (excluding diaryl/α,β-unsaturated/α-hetero) is 1. The van der Waals surface area contributed by atoms with Crippen molar-refractivity contribution in [3.05, 3.63) is 35.9 Å². The van der Waals surface area contributed by atoms with Crippen molar-refractivity contribution < 1.29 is 23.9 Å². The minimum absolute atomic E-state index is 0.0759. The van der Waals surface area contributed by atoms with E-state index in [1.165, 1.54) is 14.2 Å². The van der Waals surface area contributed by atoms with E-state index in [0.717, 1.165) is 12.0 Å². The second kappa shape index (κ2) is 7.20. The van der Waals surface area contributed by atoms with Crippen molar-refractivity contribution in [3.8, 4) is 0 Å². The predicted molar refractivity (Wildman–Crippen MR) is 79.1 cm³/mol. The molecule has 0 radical (unpaired) electrons. The molecule has 0 saturated heterocycles. The third-order valence-corrected chi connectivity index (χ3v) is 4.27. The number of ketones is 1. The van der Waals surface area contributed by atoms with Crippen LogP contribution < -0.4 is 0 Å². The number of hydrogen-bond donors (Lipinski definition) is 0. The monoisotopic (exact) mass is 304 g/mol. The quantitative estimate of drug-likeness (QED) is 0.629. The molecule has 22 heavy (non-hydrogen) atoms. The van der Waals surface area contributed by atoms with Crippen molar-refractivity contribution in [3.63, 3.8) is 0 Å². The lowest BCUT2D eigenvalue weighted by Crippen LogP contribution is -2.40. The van der Waals surface area contributed by atoms with Gasteiger partial charge in [-0.25, -0.2) is 0 Å². The van der Waals surface area contributed by atoms with Crippen LogP contribution in [0.1, 0.15) is 30.7 Å². The van der Waals surface area contributed by atoms with Crippen molar-refractivity contribution >= 4 is 17.7 Å². The first-order valence-corrected chi connectivity index (χ1v) is 7.31. The molecule has 118 valence electrons. The van der Waals surface area contributed by atoms with E-state index in [0.29, 0.717) is 12.8 Å². The van der Waals surface area contributed by atoms with Gasteiger partial charge in [0.25, 0.3) is 0 Å². The molecule has 1 saturated carbocycles. The SMILES string of the molecule is COC(=O)C(C(=O)OC)[C@H]1C[C@H](c2ccccc2)CCC1=O. The van der Waals surface area contributed by atoms with Gasteiger partial charge in [-0.2, -0.15) is 0 Å². The Morgan fingerprint density at radius 2 is 1.68 bits per heavy atom. The van der Waals surface area contributed by atoms with E-state index in [1.807, 2.05) is 30.3 Å². The van der Waals surface area contributed by atoms with Crippen LogP contribution in [0.4, 0.5) is 0 Å². The van der Waals surface area contributed by atoms with Gasteiger partial charge in [0.15, 0.2) is 5.92 Å². The molecule has 0 spiro atoms. The van der Waals surface area contributed by atoms with E-state index in [9.17, 15) is 14.4 Å². The fraction of sp³-hybridized carbons (Fsp3) is 0.471. The Bertz CT molecular complexity index is 535. The zero-order chi connectivity index (χ0) is 16.1. The number of carbonyl (C=O) groups excluding carboxylic acids is 3. The molecule has 1 aromatic carbocycles. The van der Waals surface area contributed by atoms with Gasteiger partial charge in [0.1, 0.15) is 5.78 Å². The van der Waals surface area contributed by atoms with Crippen LogP contribution in [0.3, 0.4) is 0 Å². The van der Waals surface area contributed by atoms with Crippen LogP contribution in [0, 0.1) is 11.8 Å². The van der Waals surface area contributed by atoms with Gasteiger partial charge in [0.05, 0.1) is 14.2 Å². The Morgan fingerprint density at radius 1 is 1.09 bits per heavy atom. The third-order valence-electron chi connectivity index (χ3n) is 4.27. The summed E-state index contributed by atoms with van der Waals surface area (Å²) < 4.78 is 9.37. The van der Waals surface area contributed by atoms with Gasteiger partial charge in [-0.3, -0.25) is 14.4 Å². The third kappa shape index (κ3) is 3.35. The highest BCUT2D eigenvalue weighted by Gasteiger charge is 2.43. The molecule has 1 fully saturated rings. The number of carbonyl (C=O) groups is 3. The van der Waals surface area contributed by atoms with Crippen molar-refractivity contribution in [1.82, 2.24) is 0 Å². The molecule has 0 amide bonds. The highest BCUT2D eigenvalue weighted by molar-refractivity contribution is 6.00. The molecule has 2 atom stereocenters. The molecule has 1 aliphatic rings. The summed E-state index contributed by atoms with van der Waals surface area (Å²) in [5, 5.41) is 0. The topological polar surface area (TPSA) is 69.7 Å². The minimum atomic E-state index is -1.17. The van der Waals surface area contributed by atoms with Gasteiger partial charge in [0.2, 0.25) is 0 Å². The first-order chi connectivity index (χ1) is 10.6. The molecule has 0 heterocycles. The van der Waals surface area contributed by atoms with Gasteiger partial charge in [0, 0.05) is 12.3 Å². The minimum Gasteiger partial charge on any atom is -0.468 e. The molecule has 5 nitrogen and oxygen atoms in total. The first kappa shape index (κ1) is 16.2. The molecule has 0 N–H and O–H groups in total. The number of hydrogen-bond acceptors (Lipinski definition) is 5. The molecule has 2 rings (SSSR count). The van der Waals surface area contributed by atoms with Crippen LogP contribution in [0.2, 0.25) is 0 Å². The standard InChI is InChI=1S/C17H20O5/c1-21-16(19)15(17(20)22-2)13-10-12(8-9-14(13)18)11-6-4-3-5-7-11/h3-7,12-13,15H,8-10H2,1-2H3/t12-,13+/m1/s1. The molecule has 1 aliphatic carbocycles. The lowest BCUT2D eigenvalue weighted by Gasteiger charge is -2.31. The van der Waals surface area contributed by atoms with Gasteiger partial charge in [-0.15, -0.1) is 0 Å². The molecular formula is C17H20O5. The highest BCUT2D eigenvalue weighted by Crippen LogP contribution is 2.38. The summed E-state index contributed by atoms with van der Waals surface area (Å²) >= 11 is 0. The fourth-order valence-electron chi connectivity index (χ4n) is 3.09. The van der Waals surface area contributed by atoms with E-state index in [4.69, 9.17) is 0 Å². The van der Waals surface area contributed by atoms with Crippen LogP contribution in [0.25, 0.3) is 0 Å². The number of rotatable bonds is 4. The van der Waals surface area contributed by atoms with E-state index in [1.54, 1.807) is 0 Å². The van der Waals surface area contributed by atoms with Crippen LogP contribution in [0.5, 0.6) is 0 Å². The van der Waals surface area contributed by atoms with Gasteiger partial charge >= 0.3 is 11.9 Å². The maximum atomic E-state index is 12.2. The van der Waals surface area contributed by atoms with E-state index in [2.05, 4.69) is 9.47 Å². The molecule has 0 bridgehead atoms. The van der Waals surface area contributed by atoms with E-state index in [-0.39, 0.29) is 11.7 Å². The average Bonchev–Trinajstić information content (AvgIpc) is 2.57. The summed E-state index contributed by atoms with van der Waals surface area (Å²) in [5.74, 6) is -3.20. The van der Waals surface area contributed by atoms with Crippen molar-refractivity contribution in [2.45, 2.75) is 25.2 Å². The Morgan fingerprint density at radius 3 is 2.23 bits per heavy atom. The number of esters is 2. The van der Waals surface area contributed by atoms with Crippen molar-refractivity contribution in [2.24, 2.45) is 11.8 Å². The van der Waals surface area contributed by atoms with E-state index >= 15 is 0 Å². The summed E-state index contributed by atoms with van der Waals surface area (Å²) in [4.78, 5) is 36.1. The zero-order valence-corrected chi connectivity index (χ0v) is 12.8. The fourth-order valence-corrected chi connectivity index (χ4v) is 3.09. The summed E-state index contributed by atoms with van der Waals surface area (Å²) in [5.41, 5.74) is 1.12. The van der Waals surface area contributed by atoms with Crippen molar-refractivity contribution in [2.75, 3.05) is 14.2 Å². The van der Waals surface area contributed by atoms with Crippen LogP contribution in [-0.4, -0.2) is 31.9 Å². The second-order valence-corrected chi connectivity index (χ2v) is 5.48. The lowest BCUT2D eigenvalue weighted by molar-refractivity contribution is -0.164. The number of methoxy groups -OCH3 is 2. The summed E-state index contributed by atoms with van der Waals surface area (Å²) in [6, 6.07) is 9.82. The number of ether oxygens (including phenoxy) is 2. The largest absolute Gasteiger partial charge is 0.468 e. The molecule has 1 aromatic rings. The van der Waals surface area contributed by atoms with E-state index < -0.39 is 23.8 Å². The molecule has 0 unspecified atom stereocenters. The lowest BCUT2D eigenvalue weighted by atomic mass is 9.72. The highest BCUT2D eigenvalue weighted by atomic mass is 16.5. The summed E-state index contributed by atoms with van der Waals surface area (Å²) in [7, 11) is 2.42. The van der Waals surface area contributed by atoms with Crippen LogP contribution >= 0.6 is 0 Å². The maximum Gasteiger partial charge on any atom is 0.320 e. The Hall–Kier alpha value is -2.17. The van der Waals surface area contributed by atoms with Gasteiger partial charge in [-0.05, 0) is 24.3 Å². The Balaban J connectivity index is 2.24. The number of benzene rings is 1. The molecule has 5 heteroatoms. The van der Waals surface area contributed by atoms with Gasteiger partial charge < -0.3 is 9.47 Å². The van der Waals surface area contributed by atoms with Crippen LogP contribution in [-0.2, 0) is 23.9 Å². The molecule has 0 aliphatic heterocycles. The van der Waals surface area contributed by atoms with Gasteiger partial charge in [-0.1, -0.05) is 30.3 Å². The predicted octanol–water partition coefficient (Wildman–Crippen LogP) is 2.10. The summed E-state index contributed by atoms with van der Waals surface area (Å²) in [6.45, 7) is 0. The zero-order valence-electron chi connectivity index (χ0n) is 12.8.